The van der Waals surface area contributed by atoms with Crippen molar-refractivity contribution < 1.29 is 31.8 Å². The number of alkyl halides is 3. The van der Waals surface area contributed by atoms with Gasteiger partial charge in [0.25, 0.3) is 0 Å². The molecule has 7 heteroatoms. The van der Waals surface area contributed by atoms with Crippen LogP contribution in [0.2, 0.25) is 0 Å². The van der Waals surface area contributed by atoms with Crippen molar-refractivity contribution in [2.24, 2.45) is 5.92 Å². The van der Waals surface area contributed by atoms with Crippen LogP contribution in [0.4, 0.5) is 17.6 Å². The molecule has 1 spiro atoms. The van der Waals surface area contributed by atoms with E-state index in [1.165, 1.54) is 31.4 Å². The molecule has 33 heavy (non-hydrogen) atoms. The second-order valence-electron chi connectivity index (χ2n) is 9.07. The van der Waals surface area contributed by atoms with Crippen LogP contribution in [0, 0.1) is 11.7 Å². The molecule has 176 valence electrons. The van der Waals surface area contributed by atoms with E-state index in [4.69, 9.17) is 9.47 Å². The molecule has 0 N–H and O–H groups in total. The Hall–Kier alpha value is -2.67. The van der Waals surface area contributed by atoms with E-state index >= 15 is 0 Å². The van der Waals surface area contributed by atoms with Gasteiger partial charge in [0.2, 0.25) is 0 Å². The van der Waals surface area contributed by atoms with Crippen molar-refractivity contribution in [1.29, 1.82) is 0 Å². The van der Waals surface area contributed by atoms with Crippen molar-refractivity contribution in [2.45, 2.75) is 50.3 Å². The van der Waals surface area contributed by atoms with Crippen LogP contribution in [0.5, 0.6) is 0 Å². The molecule has 1 saturated carbocycles. The zero-order valence-electron chi connectivity index (χ0n) is 18.7. The second-order valence-corrected chi connectivity index (χ2v) is 9.07. The van der Waals surface area contributed by atoms with E-state index in [-0.39, 0.29) is 18.5 Å². The molecule has 1 heterocycles. The average Bonchev–Trinajstić information content (AvgIpc) is 3.37. The number of carbonyl (C=O) groups is 1. The first-order valence-electron chi connectivity index (χ1n) is 11.0. The Morgan fingerprint density at radius 3 is 2.45 bits per heavy atom. The van der Waals surface area contributed by atoms with Gasteiger partial charge in [-0.15, -0.1) is 0 Å². The van der Waals surface area contributed by atoms with Crippen molar-refractivity contribution in [2.75, 3.05) is 13.7 Å². The summed E-state index contributed by atoms with van der Waals surface area (Å²) in [6, 6.07) is 9.73. The molecule has 4 rings (SSSR count). The zero-order valence-corrected chi connectivity index (χ0v) is 18.7. The summed E-state index contributed by atoms with van der Waals surface area (Å²) in [6.07, 6.45) is -1.57. The fourth-order valence-electron chi connectivity index (χ4n) is 5.22. The van der Waals surface area contributed by atoms with Gasteiger partial charge in [0.1, 0.15) is 5.82 Å². The van der Waals surface area contributed by atoms with Gasteiger partial charge in [-0.25, -0.2) is 4.39 Å². The highest BCUT2D eigenvalue weighted by molar-refractivity contribution is 5.77. The van der Waals surface area contributed by atoms with E-state index < -0.39 is 35.0 Å². The number of esters is 1. The lowest BCUT2D eigenvalue weighted by atomic mass is 9.79. The Labute approximate surface area is 190 Å². The Kier molecular flexibility index (Phi) is 6.12. The van der Waals surface area contributed by atoms with Gasteiger partial charge < -0.3 is 9.47 Å². The summed E-state index contributed by atoms with van der Waals surface area (Å²) >= 11 is 0. The third-order valence-corrected chi connectivity index (χ3v) is 6.77. The molecule has 2 aromatic rings. The highest BCUT2D eigenvalue weighted by atomic mass is 19.4. The molecule has 3 nitrogen and oxygen atoms in total. The maximum atomic E-state index is 13.6. The SMILES string of the molecule is COC(=O)C1CCC2(C=C(c3cc(C(F)(F)F)ccc3C(C)C)CO2)C1c1ccc(F)cc1. The molecule has 1 fully saturated rings. The van der Waals surface area contributed by atoms with Gasteiger partial charge in [0.15, 0.2) is 0 Å². The second kappa shape index (κ2) is 8.60. The minimum absolute atomic E-state index is 0.0130. The van der Waals surface area contributed by atoms with Crippen molar-refractivity contribution >= 4 is 11.5 Å². The molecule has 2 aromatic carbocycles. The predicted molar refractivity (Wildman–Crippen MR) is 116 cm³/mol. The third-order valence-electron chi connectivity index (χ3n) is 6.77. The summed E-state index contributed by atoms with van der Waals surface area (Å²) in [5, 5.41) is 0. The molecular formula is C26H26F4O3. The van der Waals surface area contributed by atoms with Gasteiger partial charge in [-0.05, 0) is 71.4 Å². The number of rotatable bonds is 4. The Morgan fingerprint density at radius 2 is 1.85 bits per heavy atom. The summed E-state index contributed by atoms with van der Waals surface area (Å²) in [5.74, 6) is -1.69. The molecule has 0 amide bonds. The highest BCUT2D eigenvalue weighted by Crippen LogP contribution is 2.54. The molecule has 0 saturated heterocycles. The zero-order chi connectivity index (χ0) is 24.0. The van der Waals surface area contributed by atoms with Gasteiger partial charge in [-0.2, -0.15) is 13.2 Å². The Bertz CT molecular complexity index is 1070. The lowest BCUT2D eigenvalue weighted by Gasteiger charge is -2.31. The molecule has 3 unspecified atom stereocenters. The number of benzene rings is 2. The maximum absolute atomic E-state index is 13.6. The van der Waals surface area contributed by atoms with Gasteiger partial charge >= 0.3 is 12.1 Å². The minimum atomic E-state index is -4.46. The average molecular weight is 462 g/mol. The van der Waals surface area contributed by atoms with Crippen LogP contribution in [0.15, 0.2) is 48.5 Å². The first kappa shape index (κ1) is 23.5. The Morgan fingerprint density at radius 1 is 1.15 bits per heavy atom. The molecule has 2 aliphatic rings. The van der Waals surface area contributed by atoms with Gasteiger partial charge in [0.05, 0.1) is 30.8 Å². The maximum Gasteiger partial charge on any atom is 0.416 e. The van der Waals surface area contributed by atoms with Crippen molar-refractivity contribution in [1.82, 2.24) is 0 Å². The highest BCUT2D eigenvalue weighted by Gasteiger charge is 2.54. The van der Waals surface area contributed by atoms with Crippen LogP contribution in [-0.4, -0.2) is 25.3 Å². The quantitative estimate of drug-likeness (QED) is 0.385. The number of halogens is 4. The summed E-state index contributed by atoms with van der Waals surface area (Å²) in [6.45, 7) is 4.00. The summed E-state index contributed by atoms with van der Waals surface area (Å²) in [4.78, 5) is 12.6. The van der Waals surface area contributed by atoms with Crippen molar-refractivity contribution in [3.63, 3.8) is 0 Å². The van der Waals surface area contributed by atoms with Crippen LogP contribution >= 0.6 is 0 Å². The number of hydrogen-bond acceptors (Lipinski definition) is 3. The van der Waals surface area contributed by atoms with E-state index in [9.17, 15) is 22.4 Å². The third kappa shape index (κ3) is 4.31. The lowest BCUT2D eigenvalue weighted by molar-refractivity contribution is -0.146. The molecule has 0 bridgehead atoms. The molecule has 3 atom stereocenters. The van der Waals surface area contributed by atoms with Crippen molar-refractivity contribution in [3.05, 3.63) is 76.6 Å². The molecule has 0 aromatic heterocycles. The van der Waals surface area contributed by atoms with E-state index in [2.05, 4.69) is 0 Å². The number of hydrogen-bond donors (Lipinski definition) is 0. The predicted octanol–water partition coefficient (Wildman–Crippen LogP) is 6.49. The van der Waals surface area contributed by atoms with Gasteiger partial charge in [-0.1, -0.05) is 32.0 Å². The van der Waals surface area contributed by atoms with Crippen LogP contribution in [-0.2, 0) is 20.4 Å². The summed E-state index contributed by atoms with van der Waals surface area (Å²) in [5.41, 5.74) is 1.12. The standard InChI is InChI=1S/C26H26F4O3/c1-15(2)20-9-6-18(26(28,29)30)12-22(20)17-13-25(33-14-17)11-10-21(24(31)32-3)23(25)16-4-7-19(27)8-5-16/h4-9,12-13,15,21,23H,10-11,14H2,1-3H3. The normalized spacial score (nSPS) is 25.0. The smallest absolute Gasteiger partial charge is 0.416 e. The van der Waals surface area contributed by atoms with E-state index in [0.29, 0.717) is 24.0 Å². The van der Waals surface area contributed by atoms with E-state index in [1.54, 1.807) is 12.1 Å². The topological polar surface area (TPSA) is 35.5 Å². The first-order valence-corrected chi connectivity index (χ1v) is 11.0. The number of carbonyl (C=O) groups excluding carboxylic acids is 1. The van der Waals surface area contributed by atoms with Gasteiger partial charge in [0, 0.05) is 5.92 Å². The largest absolute Gasteiger partial charge is 0.469 e. The van der Waals surface area contributed by atoms with E-state index in [0.717, 1.165) is 17.2 Å². The van der Waals surface area contributed by atoms with Gasteiger partial charge in [-0.3, -0.25) is 4.79 Å². The fraction of sp³-hybridized carbons (Fsp3) is 0.423. The van der Waals surface area contributed by atoms with Crippen LogP contribution in [0.1, 0.15) is 60.8 Å². The number of ether oxygens (including phenoxy) is 2. The van der Waals surface area contributed by atoms with Crippen LogP contribution < -0.4 is 0 Å². The first-order chi connectivity index (χ1) is 15.6. The van der Waals surface area contributed by atoms with Crippen LogP contribution in [0.3, 0.4) is 0 Å². The summed E-state index contributed by atoms with van der Waals surface area (Å²) in [7, 11) is 1.32. The summed E-state index contributed by atoms with van der Waals surface area (Å²) < 4.78 is 65.2. The lowest BCUT2D eigenvalue weighted by Crippen LogP contribution is -2.34. The van der Waals surface area contributed by atoms with E-state index in [1.807, 2.05) is 19.9 Å². The fourth-order valence-corrected chi connectivity index (χ4v) is 5.22. The molecular weight excluding hydrogens is 436 g/mol. The number of methoxy groups -OCH3 is 1. The Balaban J connectivity index is 1.82. The monoisotopic (exact) mass is 462 g/mol. The molecule has 1 aliphatic heterocycles. The molecule has 0 radical (unpaired) electrons. The van der Waals surface area contributed by atoms with Crippen molar-refractivity contribution in [3.8, 4) is 0 Å². The van der Waals surface area contributed by atoms with Crippen LogP contribution in [0.25, 0.3) is 5.57 Å². The molecule has 1 aliphatic carbocycles. The minimum Gasteiger partial charge on any atom is -0.469 e.